The summed E-state index contributed by atoms with van der Waals surface area (Å²) in [5.41, 5.74) is 7.90. The van der Waals surface area contributed by atoms with Crippen molar-refractivity contribution in [3.8, 4) is 5.69 Å². The number of carbonyl (C=O) groups is 2. The second-order valence-electron chi connectivity index (χ2n) is 11.5. The summed E-state index contributed by atoms with van der Waals surface area (Å²) in [5.74, 6) is -0.284. The molecular weight excluding hydrogens is 562 g/mol. The van der Waals surface area contributed by atoms with E-state index in [1.165, 1.54) is 5.56 Å². The Morgan fingerprint density at radius 3 is 2.36 bits per heavy atom. The Labute approximate surface area is 263 Å². The first kappa shape index (κ1) is 29.7. The normalized spacial score (nSPS) is 13.5. The Morgan fingerprint density at radius 2 is 1.67 bits per heavy atom. The second-order valence-corrected chi connectivity index (χ2v) is 11.5. The summed E-state index contributed by atoms with van der Waals surface area (Å²) in [6.07, 6.45) is 8.00. The molecule has 1 aliphatic rings. The number of hydrogen-bond donors (Lipinski definition) is 0. The highest BCUT2D eigenvalue weighted by Gasteiger charge is 2.34. The van der Waals surface area contributed by atoms with Crippen molar-refractivity contribution in [1.82, 2.24) is 34.6 Å². The lowest BCUT2D eigenvalue weighted by Gasteiger charge is -2.37. The van der Waals surface area contributed by atoms with Gasteiger partial charge in [0.05, 0.1) is 23.8 Å². The van der Waals surface area contributed by atoms with E-state index in [1.54, 1.807) is 28.1 Å². The molecule has 2 amide bonds. The van der Waals surface area contributed by atoms with E-state index in [1.807, 2.05) is 103 Å². The molecule has 0 aliphatic carbocycles. The molecule has 0 saturated heterocycles. The highest BCUT2D eigenvalue weighted by Crippen LogP contribution is 2.24. The van der Waals surface area contributed by atoms with E-state index in [4.69, 9.17) is 0 Å². The SMILES string of the molecule is Cc1nn(C)c(C)c1C=CC(=O)N(Cc1ccc(-n2ccnn2)cc1)C(Cc1ccccc1)C(=O)N1CCc2ccccc2C1. The molecule has 2 aromatic heterocycles. The van der Waals surface area contributed by atoms with Crippen molar-refractivity contribution in [2.45, 2.75) is 45.8 Å². The summed E-state index contributed by atoms with van der Waals surface area (Å²) < 4.78 is 3.49. The average molecular weight is 600 g/mol. The van der Waals surface area contributed by atoms with Gasteiger partial charge < -0.3 is 9.80 Å². The van der Waals surface area contributed by atoms with Crippen LogP contribution in [0, 0.1) is 13.8 Å². The van der Waals surface area contributed by atoms with Crippen molar-refractivity contribution in [2.75, 3.05) is 6.54 Å². The number of carbonyl (C=O) groups excluding carboxylic acids is 2. The van der Waals surface area contributed by atoms with Gasteiger partial charge in [0.15, 0.2) is 0 Å². The number of nitrogens with zero attached hydrogens (tertiary/aromatic N) is 7. The second kappa shape index (κ2) is 13.1. The number of benzene rings is 3. The van der Waals surface area contributed by atoms with Crippen LogP contribution in [-0.2, 0) is 42.6 Å². The molecule has 45 heavy (non-hydrogen) atoms. The Hall–Kier alpha value is -5.31. The van der Waals surface area contributed by atoms with Crippen LogP contribution in [0.3, 0.4) is 0 Å². The lowest BCUT2D eigenvalue weighted by atomic mass is 9.97. The number of fused-ring (bicyclic) bond motifs is 1. The summed E-state index contributed by atoms with van der Waals surface area (Å²) >= 11 is 0. The van der Waals surface area contributed by atoms with Crippen LogP contribution in [0.1, 0.15) is 39.2 Å². The van der Waals surface area contributed by atoms with Gasteiger partial charge in [0, 0.05) is 50.4 Å². The average Bonchev–Trinajstić information content (AvgIpc) is 3.69. The molecule has 1 aliphatic heterocycles. The van der Waals surface area contributed by atoms with Gasteiger partial charge in [0.2, 0.25) is 11.8 Å². The van der Waals surface area contributed by atoms with Crippen molar-refractivity contribution in [3.63, 3.8) is 0 Å². The molecule has 1 unspecified atom stereocenters. The van der Waals surface area contributed by atoms with Crippen LogP contribution >= 0.6 is 0 Å². The fourth-order valence-electron chi connectivity index (χ4n) is 5.98. The van der Waals surface area contributed by atoms with Crippen molar-refractivity contribution in [3.05, 3.63) is 137 Å². The largest absolute Gasteiger partial charge is 0.336 e. The van der Waals surface area contributed by atoms with Crippen LogP contribution in [0.25, 0.3) is 11.8 Å². The molecular formula is C36H37N7O2. The minimum absolute atomic E-state index is 0.0527. The fraction of sp³-hybridized carbons (Fsp3) is 0.250. The van der Waals surface area contributed by atoms with E-state index in [9.17, 15) is 9.59 Å². The Kier molecular flexibility index (Phi) is 8.68. The van der Waals surface area contributed by atoms with Crippen molar-refractivity contribution in [2.24, 2.45) is 7.05 Å². The van der Waals surface area contributed by atoms with E-state index in [0.717, 1.165) is 45.7 Å². The smallest absolute Gasteiger partial charge is 0.247 e. The third-order valence-corrected chi connectivity index (χ3v) is 8.59. The molecule has 0 radical (unpaired) electrons. The predicted octanol–water partition coefficient (Wildman–Crippen LogP) is 4.86. The first-order valence-corrected chi connectivity index (χ1v) is 15.2. The number of aromatic nitrogens is 5. The van der Waals surface area contributed by atoms with Crippen LogP contribution in [-0.4, -0.2) is 59.0 Å². The van der Waals surface area contributed by atoms with Crippen LogP contribution in [0.4, 0.5) is 0 Å². The number of amides is 2. The van der Waals surface area contributed by atoms with Crippen LogP contribution in [0.2, 0.25) is 0 Å². The molecule has 6 rings (SSSR count). The first-order chi connectivity index (χ1) is 21.9. The molecule has 3 heterocycles. The van der Waals surface area contributed by atoms with E-state index in [2.05, 4.69) is 27.5 Å². The maximum absolute atomic E-state index is 14.5. The molecule has 9 nitrogen and oxygen atoms in total. The number of rotatable bonds is 9. The Bertz CT molecular complexity index is 1810. The van der Waals surface area contributed by atoms with Crippen molar-refractivity contribution < 1.29 is 9.59 Å². The maximum Gasteiger partial charge on any atom is 0.247 e. The molecule has 0 fully saturated rings. The van der Waals surface area contributed by atoms with Gasteiger partial charge in [-0.05, 0) is 60.7 Å². The highest BCUT2D eigenvalue weighted by atomic mass is 16.2. The molecule has 0 spiro atoms. The summed E-state index contributed by atoms with van der Waals surface area (Å²) in [7, 11) is 1.89. The van der Waals surface area contributed by atoms with Gasteiger partial charge in [-0.1, -0.05) is 71.9 Å². The molecule has 0 N–H and O–H groups in total. The molecule has 5 aromatic rings. The quantitative estimate of drug-likeness (QED) is 0.226. The van der Waals surface area contributed by atoms with Gasteiger partial charge in [0.1, 0.15) is 6.04 Å². The zero-order valence-electron chi connectivity index (χ0n) is 25.9. The van der Waals surface area contributed by atoms with Crippen LogP contribution in [0.15, 0.2) is 97.3 Å². The number of hydrogen-bond acceptors (Lipinski definition) is 5. The standard InChI is InChI=1S/C36H37N7O2/c1-26-33(27(2)40(3)38-26)17-18-35(44)42(24-29-13-15-32(16-14-29)43-22-20-37-39-43)34(23-28-9-5-4-6-10-28)36(45)41-21-19-30-11-7-8-12-31(30)25-41/h4-18,20,22,34H,19,21,23-25H2,1-3H3. The fourth-order valence-corrected chi connectivity index (χ4v) is 5.98. The Morgan fingerprint density at radius 1 is 0.933 bits per heavy atom. The van der Waals surface area contributed by atoms with Crippen LogP contribution < -0.4 is 0 Å². The van der Waals surface area contributed by atoms with E-state index in [0.29, 0.717) is 19.5 Å². The van der Waals surface area contributed by atoms with Gasteiger partial charge in [-0.3, -0.25) is 14.3 Å². The summed E-state index contributed by atoms with van der Waals surface area (Å²) in [6.45, 7) is 5.31. The Balaban J connectivity index is 1.36. The molecule has 0 saturated carbocycles. The van der Waals surface area contributed by atoms with Gasteiger partial charge in [0.25, 0.3) is 0 Å². The lowest BCUT2D eigenvalue weighted by molar-refractivity contribution is -0.144. The zero-order chi connectivity index (χ0) is 31.3. The van der Waals surface area contributed by atoms with E-state index in [-0.39, 0.29) is 18.4 Å². The molecule has 9 heteroatoms. The molecule has 228 valence electrons. The summed E-state index contributed by atoms with van der Waals surface area (Å²) in [5, 5.41) is 12.5. The first-order valence-electron chi connectivity index (χ1n) is 15.2. The van der Waals surface area contributed by atoms with Crippen LogP contribution in [0.5, 0.6) is 0 Å². The monoisotopic (exact) mass is 599 g/mol. The van der Waals surface area contributed by atoms with E-state index < -0.39 is 6.04 Å². The van der Waals surface area contributed by atoms with Gasteiger partial charge in [-0.2, -0.15) is 5.10 Å². The summed E-state index contributed by atoms with van der Waals surface area (Å²) in [4.78, 5) is 32.4. The molecule has 1 atom stereocenters. The topological polar surface area (TPSA) is 89.1 Å². The third kappa shape index (κ3) is 6.62. The molecule has 0 bridgehead atoms. The molecule has 3 aromatic carbocycles. The maximum atomic E-state index is 14.5. The minimum atomic E-state index is -0.708. The van der Waals surface area contributed by atoms with Gasteiger partial charge >= 0.3 is 0 Å². The van der Waals surface area contributed by atoms with E-state index >= 15 is 0 Å². The predicted molar refractivity (Wildman–Crippen MR) is 173 cm³/mol. The highest BCUT2D eigenvalue weighted by molar-refractivity contribution is 5.96. The lowest BCUT2D eigenvalue weighted by Crippen LogP contribution is -2.52. The van der Waals surface area contributed by atoms with Gasteiger partial charge in [-0.25, -0.2) is 4.68 Å². The summed E-state index contributed by atoms with van der Waals surface area (Å²) in [6, 6.07) is 25.3. The zero-order valence-corrected chi connectivity index (χ0v) is 25.9. The van der Waals surface area contributed by atoms with Crippen molar-refractivity contribution in [1.29, 1.82) is 0 Å². The third-order valence-electron chi connectivity index (χ3n) is 8.59. The van der Waals surface area contributed by atoms with Crippen molar-refractivity contribution >= 4 is 17.9 Å². The number of aryl methyl sites for hydroxylation is 2. The minimum Gasteiger partial charge on any atom is -0.336 e. The van der Waals surface area contributed by atoms with Gasteiger partial charge in [-0.15, -0.1) is 5.10 Å².